The van der Waals surface area contributed by atoms with E-state index in [0.717, 1.165) is 26.4 Å². The van der Waals surface area contributed by atoms with E-state index in [-0.39, 0.29) is 12.1 Å². The van der Waals surface area contributed by atoms with Crippen LogP contribution in [0.2, 0.25) is 0 Å². The number of aromatic nitrogens is 2. The average molecular weight is 308 g/mol. The van der Waals surface area contributed by atoms with Crippen LogP contribution in [0, 0.1) is 33.1 Å². The minimum Gasteiger partial charge on any atom is -0.280 e. The Labute approximate surface area is 133 Å². The molecule has 0 unspecified atom stereocenters. The van der Waals surface area contributed by atoms with Crippen LogP contribution in [0.3, 0.4) is 0 Å². The van der Waals surface area contributed by atoms with E-state index in [1.807, 2.05) is 45.0 Å². The van der Waals surface area contributed by atoms with Gasteiger partial charge >= 0.3 is 0 Å². The van der Waals surface area contributed by atoms with Gasteiger partial charge in [0.05, 0.1) is 11.9 Å². The molecule has 0 spiro atoms. The first-order valence-electron chi connectivity index (χ1n) is 7.04. The molecule has 0 saturated carbocycles. The zero-order chi connectivity index (χ0) is 15.9. The van der Waals surface area contributed by atoms with Crippen LogP contribution in [0.25, 0.3) is 21.6 Å². The van der Waals surface area contributed by atoms with E-state index < -0.39 is 0 Å². The second-order valence-corrected chi connectivity index (χ2v) is 6.57. The van der Waals surface area contributed by atoms with Gasteiger partial charge in [-0.15, -0.1) is 17.8 Å². The lowest BCUT2D eigenvalue weighted by atomic mass is 10.1. The SMILES string of the molecule is C#CCn1c(-c2cccc(C)c2)nc2sc(C)c(C)c2c1=O. The summed E-state index contributed by atoms with van der Waals surface area (Å²) in [4.78, 5) is 19.5. The van der Waals surface area contributed by atoms with Gasteiger partial charge in [0.1, 0.15) is 10.7 Å². The van der Waals surface area contributed by atoms with Gasteiger partial charge < -0.3 is 0 Å². The number of benzene rings is 1. The minimum atomic E-state index is -0.0543. The lowest BCUT2D eigenvalue weighted by Gasteiger charge is -2.10. The molecule has 3 rings (SSSR count). The van der Waals surface area contributed by atoms with Crippen molar-refractivity contribution < 1.29 is 0 Å². The lowest BCUT2D eigenvalue weighted by Crippen LogP contribution is -2.23. The van der Waals surface area contributed by atoms with Gasteiger partial charge in [0.15, 0.2) is 0 Å². The normalized spacial score (nSPS) is 10.8. The van der Waals surface area contributed by atoms with Crippen LogP contribution in [0.4, 0.5) is 0 Å². The van der Waals surface area contributed by atoms with E-state index in [0.29, 0.717) is 11.2 Å². The smallest absolute Gasteiger partial charge is 0.263 e. The molecule has 110 valence electrons. The molecule has 22 heavy (non-hydrogen) atoms. The lowest BCUT2D eigenvalue weighted by molar-refractivity contribution is 0.795. The predicted octanol–water partition coefficient (Wildman–Crippen LogP) is 3.68. The summed E-state index contributed by atoms with van der Waals surface area (Å²) < 4.78 is 1.59. The van der Waals surface area contributed by atoms with E-state index in [4.69, 9.17) is 11.4 Å². The van der Waals surface area contributed by atoms with Crippen molar-refractivity contribution in [3.63, 3.8) is 0 Å². The molecule has 2 aromatic heterocycles. The Kier molecular flexibility index (Phi) is 3.59. The summed E-state index contributed by atoms with van der Waals surface area (Å²) in [6.45, 7) is 6.22. The number of aryl methyl sites for hydroxylation is 3. The molecule has 0 atom stereocenters. The van der Waals surface area contributed by atoms with Crippen molar-refractivity contribution in [1.82, 2.24) is 9.55 Å². The first-order chi connectivity index (χ1) is 10.5. The third kappa shape index (κ3) is 2.24. The highest BCUT2D eigenvalue weighted by Crippen LogP contribution is 2.28. The Hall–Kier alpha value is -2.38. The molecule has 0 bridgehead atoms. The maximum atomic E-state index is 12.9. The van der Waals surface area contributed by atoms with Gasteiger partial charge in [-0.25, -0.2) is 4.98 Å². The van der Waals surface area contributed by atoms with E-state index in [1.54, 1.807) is 15.9 Å². The monoisotopic (exact) mass is 308 g/mol. The number of thiophene rings is 1. The Morgan fingerprint density at radius 2 is 2.09 bits per heavy atom. The van der Waals surface area contributed by atoms with Crippen molar-refractivity contribution in [2.75, 3.05) is 0 Å². The van der Waals surface area contributed by atoms with Crippen molar-refractivity contribution in [3.8, 4) is 23.7 Å². The third-order valence-electron chi connectivity index (χ3n) is 3.81. The maximum absolute atomic E-state index is 12.9. The van der Waals surface area contributed by atoms with Crippen molar-refractivity contribution in [2.45, 2.75) is 27.3 Å². The molecule has 0 N–H and O–H groups in total. The molecule has 4 heteroatoms. The summed E-state index contributed by atoms with van der Waals surface area (Å²) in [7, 11) is 0. The second kappa shape index (κ2) is 5.43. The molecule has 0 saturated heterocycles. The van der Waals surface area contributed by atoms with E-state index in [9.17, 15) is 4.79 Å². The van der Waals surface area contributed by atoms with Crippen LogP contribution in [-0.4, -0.2) is 9.55 Å². The van der Waals surface area contributed by atoms with Gasteiger partial charge in [-0.1, -0.05) is 29.7 Å². The van der Waals surface area contributed by atoms with E-state index in [2.05, 4.69) is 5.92 Å². The summed E-state index contributed by atoms with van der Waals surface area (Å²) in [5, 5.41) is 0.689. The molecule has 0 fully saturated rings. The highest BCUT2D eigenvalue weighted by Gasteiger charge is 2.17. The van der Waals surface area contributed by atoms with Crippen LogP contribution in [-0.2, 0) is 6.54 Å². The highest BCUT2D eigenvalue weighted by atomic mass is 32.1. The Balaban J connectivity index is 2.41. The molecule has 0 amide bonds. The second-order valence-electron chi connectivity index (χ2n) is 5.36. The summed E-state index contributed by atoms with van der Waals surface area (Å²) >= 11 is 1.56. The van der Waals surface area contributed by atoms with Crippen molar-refractivity contribution in [2.24, 2.45) is 0 Å². The molecule has 0 aliphatic carbocycles. The number of fused-ring (bicyclic) bond motifs is 1. The maximum Gasteiger partial charge on any atom is 0.263 e. The molecule has 3 aromatic rings. The molecule has 2 heterocycles. The fourth-order valence-electron chi connectivity index (χ4n) is 2.57. The first kappa shape index (κ1) is 14.6. The molecule has 0 radical (unpaired) electrons. The standard InChI is InChI=1S/C18H16N2OS/c1-5-9-20-16(14-8-6-7-11(2)10-14)19-17-15(18(20)21)12(3)13(4)22-17/h1,6-8,10H,9H2,2-4H3. The van der Waals surface area contributed by atoms with Gasteiger partial charge in [0.25, 0.3) is 5.56 Å². The predicted molar refractivity (Wildman–Crippen MR) is 92.4 cm³/mol. The van der Waals surface area contributed by atoms with Crippen LogP contribution >= 0.6 is 11.3 Å². The van der Waals surface area contributed by atoms with Gasteiger partial charge in [-0.3, -0.25) is 9.36 Å². The topological polar surface area (TPSA) is 34.9 Å². The van der Waals surface area contributed by atoms with Gasteiger partial charge in [0.2, 0.25) is 0 Å². The number of terminal acetylenes is 1. The fraction of sp³-hybridized carbons (Fsp3) is 0.222. The molecule has 0 aliphatic rings. The summed E-state index contributed by atoms with van der Waals surface area (Å²) in [6, 6.07) is 7.96. The summed E-state index contributed by atoms with van der Waals surface area (Å²) in [5.74, 6) is 3.21. The molecular weight excluding hydrogens is 292 g/mol. The van der Waals surface area contributed by atoms with Crippen LogP contribution in [0.5, 0.6) is 0 Å². The zero-order valence-electron chi connectivity index (χ0n) is 12.8. The van der Waals surface area contributed by atoms with Crippen LogP contribution in [0.1, 0.15) is 16.0 Å². The van der Waals surface area contributed by atoms with Gasteiger partial charge in [0, 0.05) is 10.4 Å². The molecular formula is C18H16N2OS. The van der Waals surface area contributed by atoms with Gasteiger partial charge in [-0.05, 0) is 32.4 Å². The average Bonchev–Trinajstić information content (AvgIpc) is 2.77. The quantitative estimate of drug-likeness (QED) is 0.677. The number of nitrogens with zero attached hydrogens (tertiary/aromatic N) is 2. The minimum absolute atomic E-state index is 0.0543. The van der Waals surface area contributed by atoms with Crippen molar-refractivity contribution >= 4 is 21.6 Å². The van der Waals surface area contributed by atoms with Gasteiger partial charge in [-0.2, -0.15) is 0 Å². The van der Waals surface area contributed by atoms with Crippen molar-refractivity contribution in [1.29, 1.82) is 0 Å². The Morgan fingerprint density at radius 1 is 1.32 bits per heavy atom. The van der Waals surface area contributed by atoms with E-state index in [1.165, 1.54) is 0 Å². The summed E-state index contributed by atoms with van der Waals surface area (Å²) in [6.07, 6.45) is 5.46. The largest absolute Gasteiger partial charge is 0.280 e. The zero-order valence-corrected chi connectivity index (χ0v) is 13.6. The molecule has 0 aliphatic heterocycles. The number of hydrogen-bond donors (Lipinski definition) is 0. The Morgan fingerprint density at radius 3 is 2.77 bits per heavy atom. The third-order valence-corrected chi connectivity index (χ3v) is 4.92. The summed E-state index contributed by atoms with van der Waals surface area (Å²) in [5.41, 5.74) is 2.98. The highest BCUT2D eigenvalue weighted by molar-refractivity contribution is 7.18. The van der Waals surface area contributed by atoms with Crippen LogP contribution in [0.15, 0.2) is 29.1 Å². The van der Waals surface area contributed by atoms with Crippen molar-refractivity contribution in [3.05, 3.63) is 50.6 Å². The first-order valence-corrected chi connectivity index (χ1v) is 7.85. The number of rotatable bonds is 2. The Bertz CT molecular complexity index is 973. The van der Waals surface area contributed by atoms with E-state index >= 15 is 0 Å². The fourth-order valence-corrected chi connectivity index (χ4v) is 3.59. The molecule has 1 aromatic carbocycles. The van der Waals surface area contributed by atoms with Crippen LogP contribution < -0.4 is 5.56 Å². The number of hydrogen-bond acceptors (Lipinski definition) is 3. The molecule has 3 nitrogen and oxygen atoms in total.